The SMILES string of the molecule is Cc1ccc(S(=O)(=O)N(CC(=O)N/N=C\c2ccccc2F)c2ccc(Cl)cc2C)cc1. The highest BCUT2D eigenvalue weighted by Crippen LogP contribution is 2.29. The second kappa shape index (κ2) is 9.93. The van der Waals surface area contributed by atoms with Crippen molar-refractivity contribution in [2.45, 2.75) is 18.7 Å². The van der Waals surface area contributed by atoms with Crippen LogP contribution in [0.15, 0.2) is 76.7 Å². The van der Waals surface area contributed by atoms with Gasteiger partial charge in [-0.15, -0.1) is 0 Å². The van der Waals surface area contributed by atoms with E-state index in [2.05, 4.69) is 10.5 Å². The summed E-state index contributed by atoms with van der Waals surface area (Å²) in [6.45, 7) is 3.01. The Labute approximate surface area is 191 Å². The first-order chi connectivity index (χ1) is 15.2. The number of hydrazone groups is 1. The second-order valence-corrected chi connectivity index (χ2v) is 9.37. The summed E-state index contributed by atoms with van der Waals surface area (Å²) in [5.74, 6) is -1.19. The number of hydrogen-bond acceptors (Lipinski definition) is 4. The normalized spacial score (nSPS) is 11.5. The minimum atomic E-state index is -4.07. The molecule has 32 heavy (non-hydrogen) atoms. The molecule has 0 heterocycles. The smallest absolute Gasteiger partial charge is 0.264 e. The van der Waals surface area contributed by atoms with Gasteiger partial charge in [0.15, 0.2) is 0 Å². The first-order valence-electron chi connectivity index (χ1n) is 9.60. The molecule has 3 aromatic carbocycles. The lowest BCUT2D eigenvalue weighted by molar-refractivity contribution is -0.119. The maximum Gasteiger partial charge on any atom is 0.264 e. The molecule has 9 heteroatoms. The van der Waals surface area contributed by atoms with E-state index in [9.17, 15) is 17.6 Å². The average Bonchev–Trinajstić information content (AvgIpc) is 2.74. The predicted octanol–water partition coefficient (Wildman–Crippen LogP) is 4.44. The van der Waals surface area contributed by atoms with Gasteiger partial charge in [-0.25, -0.2) is 18.2 Å². The molecule has 0 radical (unpaired) electrons. The van der Waals surface area contributed by atoms with Crippen molar-refractivity contribution in [1.29, 1.82) is 0 Å². The van der Waals surface area contributed by atoms with Crippen molar-refractivity contribution in [3.8, 4) is 0 Å². The van der Waals surface area contributed by atoms with Crippen LogP contribution in [0.25, 0.3) is 0 Å². The largest absolute Gasteiger partial charge is 0.271 e. The summed E-state index contributed by atoms with van der Waals surface area (Å²) in [6.07, 6.45) is 1.15. The van der Waals surface area contributed by atoms with Gasteiger partial charge in [0.2, 0.25) is 0 Å². The van der Waals surface area contributed by atoms with Crippen LogP contribution in [0.3, 0.4) is 0 Å². The van der Waals surface area contributed by atoms with E-state index in [1.54, 1.807) is 43.3 Å². The predicted molar refractivity (Wildman–Crippen MR) is 124 cm³/mol. The van der Waals surface area contributed by atoms with Crippen LogP contribution in [0.5, 0.6) is 0 Å². The number of halogens is 2. The van der Waals surface area contributed by atoms with E-state index >= 15 is 0 Å². The highest BCUT2D eigenvalue weighted by Gasteiger charge is 2.28. The highest BCUT2D eigenvalue weighted by molar-refractivity contribution is 7.92. The number of nitrogens with one attached hydrogen (secondary N) is 1. The van der Waals surface area contributed by atoms with Gasteiger partial charge < -0.3 is 0 Å². The standard InChI is InChI=1S/C23H21ClFN3O3S/c1-16-7-10-20(11-8-16)32(30,31)28(22-12-9-19(24)13-17(22)2)15-23(29)27-26-14-18-5-3-4-6-21(18)25/h3-14H,15H2,1-2H3,(H,27,29)/b26-14-. The van der Waals surface area contributed by atoms with Crippen molar-refractivity contribution in [2.24, 2.45) is 5.10 Å². The molecule has 0 spiro atoms. The number of hydrogen-bond donors (Lipinski definition) is 1. The van der Waals surface area contributed by atoms with Gasteiger partial charge in [0.1, 0.15) is 12.4 Å². The summed E-state index contributed by atoms with van der Waals surface area (Å²) in [7, 11) is -4.07. The molecule has 0 aliphatic rings. The van der Waals surface area contributed by atoms with Crippen molar-refractivity contribution in [3.05, 3.63) is 94.3 Å². The van der Waals surface area contributed by atoms with Gasteiger partial charge in [0.25, 0.3) is 15.9 Å². The molecule has 0 unspecified atom stereocenters. The summed E-state index contributed by atoms with van der Waals surface area (Å²) >= 11 is 6.02. The van der Waals surface area contributed by atoms with E-state index in [1.807, 2.05) is 6.92 Å². The fourth-order valence-electron chi connectivity index (χ4n) is 2.96. The Morgan fingerprint density at radius 1 is 1.09 bits per heavy atom. The second-order valence-electron chi connectivity index (χ2n) is 7.07. The molecule has 0 bridgehead atoms. The third-order valence-electron chi connectivity index (χ3n) is 4.62. The summed E-state index contributed by atoms with van der Waals surface area (Å²) in [4.78, 5) is 12.6. The molecular formula is C23H21ClFN3O3S. The molecule has 0 fully saturated rings. The van der Waals surface area contributed by atoms with Gasteiger partial charge in [0.05, 0.1) is 16.8 Å². The van der Waals surface area contributed by atoms with Crippen molar-refractivity contribution in [1.82, 2.24) is 5.43 Å². The topological polar surface area (TPSA) is 78.8 Å². The molecule has 6 nitrogen and oxygen atoms in total. The van der Waals surface area contributed by atoms with Crippen LogP contribution >= 0.6 is 11.6 Å². The lowest BCUT2D eigenvalue weighted by atomic mass is 10.2. The van der Waals surface area contributed by atoms with E-state index in [0.717, 1.165) is 16.1 Å². The van der Waals surface area contributed by atoms with Crippen molar-refractivity contribution in [2.75, 3.05) is 10.8 Å². The molecule has 0 atom stereocenters. The Kier molecular flexibility index (Phi) is 7.27. The molecule has 1 amide bonds. The number of anilines is 1. The molecule has 1 N–H and O–H groups in total. The number of rotatable bonds is 7. The van der Waals surface area contributed by atoms with Crippen LogP contribution in [-0.2, 0) is 14.8 Å². The first kappa shape index (κ1) is 23.4. The molecule has 166 valence electrons. The van der Waals surface area contributed by atoms with Gasteiger partial charge in [-0.05, 0) is 55.8 Å². The van der Waals surface area contributed by atoms with Crippen LogP contribution < -0.4 is 9.73 Å². The molecule has 0 aromatic heterocycles. The number of amides is 1. The Morgan fingerprint density at radius 3 is 2.44 bits per heavy atom. The van der Waals surface area contributed by atoms with Crippen LogP contribution in [-0.4, -0.2) is 27.1 Å². The van der Waals surface area contributed by atoms with Crippen molar-refractivity contribution in [3.63, 3.8) is 0 Å². The summed E-state index contributed by atoms with van der Waals surface area (Å²) < 4.78 is 41.5. The lowest BCUT2D eigenvalue weighted by Crippen LogP contribution is -2.40. The number of carbonyl (C=O) groups excluding carboxylic acids is 1. The number of benzene rings is 3. The van der Waals surface area contributed by atoms with Crippen LogP contribution in [0, 0.1) is 19.7 Å². The monoisotopic (exact) mass is 473 g/mol. The zero-order chi connectivity index (χ0) is 23.3. The van der Waals surface area contributed by atoms with E-state index in [0.29, 0.717) is 16.3 Å². The lowest BCUT2D eigenvalue weighted by Gasteiger charge is -2.25. The van der Waals surface area contributed by atoms with Crippen molar-refractivity contribution >= 4 is 39.4 Å². The molecule has 0 aliphatic carbocycles. The minimum Gasteiger partial charge on any atom is -0.271 e. The van der Waals surface area contributed by atoms with Crippen LogP contribution in [0.4, 0.5) is 10.1 Å². The highest BCUT2D eigenvalue weighted by atomic mass is 35.5. The van der Waals surface area contributed by atoms with Gasteiger partial charge in [-0.2, -0.15) is 5.10 Å². The molecule has 0 saturated carbocycles. The quantitative estimate of drug-likeness (QED) is 0.407. The van der Waals surface area contributed by atoms with Crippen LogP contribution in [0.1, 0.15) is 16.7 Å². The Bertz CT molecular complexity index is 1260. The Balaban J connectivity index is 1.90. The Hall–Kier alpha value is -3.23. The number of aryl methyl sites for hydroxylation is 2. The van der Waals surface area contributed by atoms with E-state index in [-0.39, 0.29) is 10.5 Å². The third-order valence-corrected chi connectivity index (χ3v) is 6.63. The van der Waals surface area contributed by atoms with Gasteiger partial charge in [-0.1, -0.05) is 47.5 Å². The van der Waals surface area contributed by atoms with E-state index in [1.165, 1.54) is 30.3 Å². The molecular weight excluding hydrogens is 453 g/mol. The van der Waals surface area contributed by atoms with E-state index < -0.39 is 28.3 Å². The maximum absolute atomic E-state index is 13.7. The van der Waals surface area contributed by atoms with Gasteiger partial charge in [0, 0.05) is 10.6 Å². The minimum absolute atomic E-state index is 0.0418. The third kappa shape index (κ3) is 5.52. The Morgan fingerprint density at radius 2 is 1.78 bits per heavy atom. The maximum atomic E-state index is 13.7. The molecule has 3 aromatic rings. The molecule has 0 aliphatic heterocycles. The molecule has 0 saturated heterocycles. The van der Waals surface area contributed by atoms with E-state index in [4.69, 9.17) is 11.6 Å². The summed E-state index contributed by atoms with van der Waals surface area (Å²) in [5.41, 5.74) is 4.23. The fourth-order valence-corrected chi connectivity index (χ4v) is 4.67. The van der Waals surface area contributed by atoms with Gasteiger partial charge in [-0.3, -0.25) is 9.10 Å². The average molecular weight is 474 g/mol. The number of nitrogens with zero attached hydrogens (tertiary/aromatic N) is 2. The summed E-state index contributed by atoms with van der Waals surface area (Å²) in [5, 5.41) is 4.19. The molecule has 3 rings (SSSR count). The zero-order valence-corrected chi connectivity index (χ0v) is 19.0. The van der Waals surface area contributed by atoms with Crippen molar-refractivity contribution < 1.29 is 17.6 Å². The van der Waals surface area contributed by atoms with Gasteiger partial charge >= 0.3 is 0 Å². The summed E-state index contributed by atoms with van der Waals surface area (Å²) in [6, 6.07) is 17.0. The fraction of sp³-hybridized carbons (Fsp3) is 0.130. The zero-order valence-electron chi connectivity index (χ0n) is 17.4. The van der Waals surface area contributed by atoms with Crippen LogP contribution in [0.2, 0.25) is 5.02 Å². The first-order valence-corrected chi connectivity index (χ1v) is 11.4. The number of carbonyl (C=O) groups is 1. The number of sulfonamides is 1.